The first kappa shape index (κ1) is 12.6. The van der Waals surface area contributed by atoms with Gasteiger partial charge in [-0.3, -0.25) is 9.59 Å². The summed E-state index contributed by atoms with van der Waals surface area (Å²) in [6.45, 7) is 2.03. The molecule has 1 amide bonds. The summed E-state index contributed by atoms with van der Waals surface area (Å²) in [6.07, 6.45) is 1.67. The van der Waals surface area contributed by atoms with Gasteiger partial charge in [-0.2, -0.15) is 0 Å². The Balaban J connectivity index is 1.91. The topological polar surface area (TPSA) is 55.4 Å². The first-order chi connectivity index (χ1) is 8.70. The maximum atomic E-state index is 11.7. The predicted molar refractivity (Wildman–Crippen MR) is 66.9 cm³/mol. The Hall–Kier alpha value is -1.84. The van der Waals surface area contributed by atoms with Crippen LogP contribution >= 0.6 is 0 Å². The molecule has 0 bridgehead atoms. The van der Waals surface area contributed by atoms with Gasteiger partial charge in [-0.25, -0.2) is 0 Å². The van der Waals surface area contributed by atoms with Crippen LogP contribution < -0.4 is 5.32 Å². The molecule has 0 aromatic heterocycles. The summed E-state index contributed by atoms with van der Waals surface area (Å²) in [5.41, 5.74) is 2.44. The molecule has 0 radical (unpaired) electrons. The van der Waals surface area contributed by atoms with Gasteiger partial charge in [0, 0.05) is 0 Å². The van der Waals surface area contributed by atoms with Crippen LogP contribution in [0.4, 0.5) is 0 Å². The van der Waals surface area contributed by atoms with Crippen LogP contribution in [0.3, 0.4) is 0 Å². The van der Waals surface area contributed by atoms with Gasteiger partial charge in [0.05, 0.1) is 12.6 Å². The number of amides is 1. The lowest BCUT2D eigenvalue weighted by molar-refractivity contribution is -0.146. The number of ether oxygens (including phenoxy) is 1. The molecule has 0 saturated heterocycles. The van der Waals surface area contributed by atoms with Crippen molar-refractivity contribution in [3.63, 3.8) is 0 Å². The molecule has 1 aliphatic carbocycles. The summed E-state index contributed by atoms with van der Waals surface area (Å²) in [5, 5.41) is 2.88. The number of carbonyl (C=O) groups is 2. The van der Waals surface area contributed by atoms with Crippen LogP contribution in [0.25, 0.3) is 0 Å². The first-order valence-electron chi connectivity index (χ1n) is 6.23. The molecule has 4 nitrogen and oxygen atoms in total. The number of hydrogen-bond acceptors (Lipinski definition) is 3. The van der Waals surface area contributed by atoms with Crippen LogP contribution in [0, 0.1) is 0 Å². The van der Waals surface area contributed by atoms with Gasteiger partial charge in [-0.15, -0.1) is 0 Å². The second-order valence-corrected chi connectivity index (χ2v) is 4.34. The number of esters is 1. The molecular weight excluding hydrogens is 230 g/mol. The number of carbonyl (C=O) groups excluding carboxylic acids is 2. The highest BCUT2D eigenvalue weighted by Crippen LogP contribution is 2.30. The summed E-state index contributed by atoms with van der Waals surface area (Å²) < 4.78 is 4.75. The number of nitrogens with one attached hydrogen (secondary N) is 1. The van der Waals surface area contributed by atoms with Gasteiger partial charge in [0.2, 0.25) is 5.91 Å². The Kier molecular flexibility index (Phi) is 3.97. The lowest BCUT2D eigenvalue weighted by Gasteiger charge is -2.13. The fourth-order valence-corrected chi connectivity index (χ4v) is 2.30. The Morgan fingerprint density at radius 2 is 2.17 bits per heavy atom. The van der Waals surface area contributed by atoms with Crippen LogP contribution in [0.2, 0.25) is 0 Å². The van der Waals surface area contributed by atoms with E-state index >= 15 is 0 Å². The van der Waals surface area contributed by atoms with Crippen molar-refractivity contribution in [1.82, 2.24) is 5.32 Å². The van der Waals surface area contributed by atoms with Gasteiger partial charge in [-0.05, 0) is 30.9 Å². The number of fused-ring (bicyclic) bond motifs is 1. The van der Waals surface area contributed by atoms with Crippen molar-refractivity contribution in [2.75, 3.05) is 6.61 Å². The number of rotatable bonds is 4. The largest absolute Gasteiger partial charge is 0.466 e. The molecule has 1 N–H and O–H groups in total. The quantitative estimate of drug-likeness (QED) is 0.651. The van der Waals surface area contributed by atoms with E-state index in [2.05, 4.69) is 11.4 Å². The van der Waals surface area contributed by atoms with E-state index in [9.17, 15) is 9.59 Å². The molecule has 0 aliphatic heterocycles. The van der Waals surface area contributed by atoms with Gasteiger partial charge < -0.3 is 10.1 Å². The Morgan fingerprint density at radius 3 is 2.94 bits per heavy atom. The molecule has 1 aliphatic rings. The number of hydrogen-bond donors (Lipinski definition) is 1. The van der Waals surface area contributed by atoms with Crippen LogP contribution in [0.15, 0.2) is 24.3 Å². The fraction of sp³-hybridized carbons (Fsp3) is 0.429. The van der Waals surface area contributed by atoms with Crippen molar-refractivity contribution in [3.05, 3.63) is 35.4 Å². The van der Waals surface area contributed by atoms with Crippen LogP contribution in [-0.4, -0.2) is 18.5 Å². The lowest BCUT2D eigenvalue weighted by atomic mass is 10.1. The standard InChI is InChI=1S/C14H17NO3/c1-2-18-14(17)9-13(16)15-12-8-7-10-5-3-4-6-11(10)12/h3-6,12H,2,7-9H2,1H3,(H,15,16)/t12-/m1/s1. The SMILES string of the molecule is CCOC(=O)CC(=O)N[C@@H]1CCc2ccccc21. The Labute approximate surface area is 106 Å². The molecule has 0 saturated carbocycles. The molecule has 18 heavy (non-hydrogen) atoms. The molecule has 4 heteroatoms. The second-order valence-electron chi connectivity index (χ2n) is 4.34. The number of aryl methyl sites for hydroxylation is 1. The van der Waals surface area contributed by atoms with E-state index in [-0.39, 0.29) is 18.4 Å². The maximum Gasteiger partial charge on any atom is 0.315 e. The monoisotopic (exact) mass is 247 g/mol. The average Bonchev–Trinajstić information content (AvgIpc) is 2.73. The summed E-state index contributed by atoms with van der Waals surface area (Å²) in [6, 6.07) is 8.10. The van der Waals surface area contributed by atoms with Crippen molar-refractivity contribution in [3.8, 4) is 0 Å². The van der Waals surface area contributed by atoms with Gasteiger partial charge in [-0.1, -0.05) is 24.3 Å². The van der Waals surface area contributed by atoms with Gasteiger partial charge in [0.25, 0.3) is 0 Å². The minimum Gasteiger partial charge on any atom is -0.466 e. The van der Waals surface area contributed by atoms with E-state index in [4.69, 9.17) is 4.74 Å². The lowest BCUT2D eigenvalue weighted by Crippen LogP contribution is -2.29. The fourth-order valence-electron chi connectivity index (χ4n) is 2.30. The molecule has 96 valence electrons. The Morgan fingerprint density at radius 1 is 1.39 bits per heavy atom. The van der Waals surface area contributed by atoms with Gasteiger partial charge >= 0.3 is 5.97 Å². The predicted octanol–water partition coefficient (Wildman–Crippen LogP) is 1.74. The third-order valence-corrected chi connectivity index (χ3v) is 3.08. The van der Waals surface area contributed by atoms with Crippen LogP contribution in [0.5, 0.6) is 0 Å². The minimum absolute atomic E-state index is 0.0307. The smallest absolute Gasteiger partial charge is 0.315 e. The third-order valence-electron chi connectivity index (χ3n) is 3.08. The van der Waals surface area contributed by atoms with Crippen molar-refractivity contribution in [2.24, 2.45) is 0 Å². The van der Waals surface area contributed by atoms with E-state index in [0.29, 0.717) is 6.61 Å². The highest BCUT2D eigenvalue weighted by atomic mass is 16.5. The second kappa shape index (κ2) is 5.67. The molecular formula is C14H17NO3. The zero-order chi connectivity index (χ0) is 13.0. The van der Waals surface area contributed by atoms with E-state index in [0.717, 1.165) is 18.4 Å². The highest BCUT2D eigenvalue weighted by molar-refractivity contribution is 5.94. The zero-order valence-corrected chi connectivity index (χ0v) is 10.4. The molecule has 0 unspecified atom stereocenters. The normalized spacial score (nSPS) is 17.1. The Bertz CT molecular complexity index is 456. The third kappa shape index (κ3) is 2.88. The molecule has 0 spiro atoms. The van der Waals surface area contributed by atoms with E-state index in [1.165, 1.54) is 5.56 Å². The van der Waals surface area contributed by atoms with Crippen molar-refractivity contribution in [1.29, 1.82) is 0 Å². The van der Waals surface area contributed by atoms with E-state index in [1.54, 1.807) is 6.92 Å². The van der Waals surface area contributed by atoms with Crippen LogP contribution in [0.1, 0.15) is 36.9 Å². The molecule has 2 rings (SSSR count). The van der Waals surface area contributed by atoms with Crippen molar-refractivity contribution >= 4 is 11.9 Å². The van der Waals surface area contributed by atoms with E-state index < -0.39 is 5.97 Å². The molecule has 0 heterocycles. The number of benzene rings is 1. The average molecular weight is 247 g/mol. The minimum atomic E-state index is -0.471. The van der Waals surface area contributed by atoms with Gasteiger partial charge in [0.15, 0.2) is 0 Å². The van der Waals surface area contributed by atoms with Crippen molar-refractivity contribution < 1.29 is 14.3 Å². The molecule has 1 aromatic carbocycles. The summed E-state index contributed by atoms with van der Waals surface area (Å²) in [4.78, 5) is 22.9. The summed E-state index contributed by atoms with van der Waals surface area (Å²) in [7, 11) is 0. The van der Waals surface area contributed by atoms with Crippen LogP contribution in [-0.2, 0) is 20.7 Å². The maximum absolute atomic E-state index is 11.7. The molecule has 1 aromatic rings. The molecule has 0 fully saturated rings. The zero-order valence-electron chi connectivity index (χ0n) is 10.4. The first-order valence-corrected chi connectivity index (χ1v) is 6.23. The highest BCUT2D eigenvalue weighted by Gasteiger charge is 2.24. The summed E-state index contributed by atoms with van der Waals surface area (Å²) in [5.74, 6) is -0.739. The van der Waals surface area contributed by atoms with E-state index in [1.807, 2.05) is 18.2 Å². The van der Waals surface area contributed by atoms with Gasteiger partial charge in [0.1, 0.15) is 6.42 Å². The summed E-state index contributed by atoms with van der Waals surface area (Å²) >= 11 is 0. The van der Waals surface area contributed by atoms with Crippen molar-refractivity contribution in [2.45, 2.75) is 32.2 Å². The molecule has 1 atom stereocenters.